The minimum Gasteiger partial charge on any atom is -0.397 e. The molecule has 3 nitrogen and oxygen atoms in total. The van der Waals surface area contributed by atoms with Crippen LogP contribution in [-0.4, -0.2) is 28.6 Å². The summed E-state index contributed by atoms with van der Waals surface area (Å²) in [5.74, 6) is 0. The van der Waals surface area contributed by atoms with Gasteiger partial charge in [-0.15, -0.1) is 0 Å². The Kier molecular flexibility index (Phi) is 3.05. The highest BCUT2D eigenvalue weighted by atomic mass is 32.2. The molecule has 2 heterocycles. The van der Waals surface area contributed by atoms with Crippen molar-refractivity contribution < 1.29 is 0 Å². The summed E-state index contributed by atoms with van der Waals surface area (Å²) >= 11 is 2.05. The lowest BCUT2D eigenvalue weighted by molar-refractivity contribution is 0.727. The third-order valence-corrected chi connectivity index (χ3v) is 3.76. The van der Waals surface area contributed by atoms with Crippen LogP contribution < -0.4 is 10.6 Å². The maximum atomic E-state index is 5.74. The van der Waals surface area contributed by atoms with Crippen molar-refractivity contribution in [1.82, 2.24) is 4.98 Å². The number of aromatic nitrogens is 1. The summed E-state index contributed by atoms with van der Waals surface area (Å²) in [6.45, 7) is 6.71. The number of hydrogen-bond donors (Lipinski definition) is 1. The summed E-state index contributed by atoms with van der Waals surface area (Å²) < 4.78 is 0. The monoisotopic (exact) mass is 223 g/mol. The van der Waals surface area contributed by atoms with Crippen LogP contribution in [-0.2, 0) is 0 Å². The highest BCUT2D eigenvalue weighted by Crippen LogP contribution is 2.28. The second kappa shape index (κ2) is 4.31. The second-order valence-electron chi connectivity index (χ2n) is 4.14. The van der Waals surface area contributed by atoms with Crippen molar-refractivity contribution in [1.29, 1.82) is 0 Å². The molecule has 0 amide bonds. The summed E-state index contributed by atoms with van der Waals surface area (Å²) in [5, 5.41) is 1.35. The van der Waals surface area contributed by atoms with E-state index in [2.05, 4.69) is 35.5 Å². The molecule has 1 aliphatic rings. The molecule has 0 spiro atoms. The largest absolute Gasteiger partial charge is 0.397 e. The molecule has 1 aromatic rings. The van der Waals surface area contributed by atoms with Gasteiger partial charge in [0.2, 0.25) is 0 Å². The quantitative estimate of drug-likeness (QED) is 0.790. The molecule has 1 aromatic heterocycles. The van der Waals surface area contributed by atoms with Gasteiger partial charge in [0.25, 0.3) is 0 Å². The molecule has 2 unspecified atom stereocenters. The Hall–Kier alpha value is -0.900. The number of nitrogens with two attached hydrogens (primary N) is 1. The lowest BCUT2D eigenvalue weighted by Crippen LogP contribution is -2.40. The maximum absolute atomic E-state index is 5.74. The number of pyridine rings is 1. The fraction of sp³-hybridized carbons (Fsp3) is 0.545. The van der Waals surface area contributed by atoms with E-state index < -0.39 is 0 Å². The van der Waals surface area contributed by atoms with E-state index in [4.69, 9.17) is 5.73 Å². The van der Waals surface area contributed by atoms with Crippen molar-refractivity contribution in [2.75, 3.05) is 23.7 Å². The molecule has 0 radical (unpaired) electrons. The van der Waals surface area contributed by atoms with E-state index in [1.54, 1.807) is 6.20 Å². The van der Waals surface area contributed by atoms with Crippen molar-refractivity contribution in [3.8, 4) is 0 Å². The number of nitrogen functional groups attached to an aromatic ring is 1. The molecule has 15 heavy (non-hydrogen) atoms. The van der Waals surface area contributed by atoms with Crippen LogP contribution in [0.1, 0.15) is 13.8 Å². The molecular weight excluding hydrogens is 206 g/mol. The van der Waals surface area contributed by atoms with Crippen molar-refractivity contribution in [2.45, 2.75) is 24.3 Å². The molecule has 1 fully saturated rings. The zero-order chi connectivity index (χ0) is 10.8. The fourth-order valence-electron chi connectivity index (χ4n) is 2.01. The topological polar surface area (TPSA) is 42.2 Å². The van der Waals surface area contributed by atoms with Gasteiger partial charge in [0.1, 0.15) is 0 Å². The van der Waals surface area contributed by atoms with Gasteiger partial charge in [-0.3, -0.25) is 4.98 Å². The molecule has 82 valence electrons. The zero-order valence-corrected chi connectivity index (χ0v) is 10.00. The van der Waals surface area contributed by atoms with Gasteiger partial charge >= 0.3 is 0 Å². The Morgan fingerprint density at radius 3 is 2.60 bits per heavy atom. The van der Waals surface area contributed by atoms with Gasteiger partial charge in [-0.25, -0.2) is 0 Å². The lowest BCUT2D eigenvalue weighted by Gasteiger charge is -2.36. The highest BCUT2D eigenvalue weighted by Gasteiger charge is 2.22. The van der Waals surface area contributed by atoms with Gasteiger partial charge in [-0.2, -0.15) is 11.8 Å². The Bertz CT molecular complexity index is 332. The van der Waals surface area contributed by atoms with Gasteiger partial charge < -0.3 is 10.6 Å². The van der Waals surface area contributed by atoms with Crippen LogP contribution in [0.4, 0.5) is 11.4 Å². The van der Waals surface area contributed by atoms with E-state index in [1.165, 1.54) is 0 Å². The lowest BCUT2D eigenvalue weighted by atomic mass is 10.2. The third kappa shape index (κ3) is 2.56. The molecule has 0 saturated carbocycles. The minimum atomic E-state index is 0.676. The van der Waals surface area contributed by atoms with Crippen LogP contribution in [0.3, 0.4) is 0 Å². The van der Waals surface area contributed by atoms with Crippen LogP contribution in [0.15, 0.2) is 18.5 Å². The molecule has 2 N–H and O–H groups in total. The molecule has 0 aliphatic carbocycles. The van der Waals surface area contributed by atoms with Crippen molar-refractivity contribution in [3.63, 3.8) is 0 Å². The van der Waals surface area contributed by atoms with Crippen LogP contribution in [0.25, 0.3) is 0 Å². The Balaban J connectivity index is 2.16. The maximum Gasteiger partial charge on any atom is 0.0574 e. The summed E-state index contributed by atoms with van der Waals surface area (Å²) in [6.07, 6.45) is 3.58. The van der Waals surface area contributed by atoms with Gasteiger partial charge in [0.05, 0.1) is 17.6 Å². The first kappa shape index (κ1) is 10.6. The van der Waals surface area contributed by atoms with E-state index in [0.717, 1.165) is 24.5 Å². The standard InChI is InChI=1S/C11H17N3S/c1-8-6-14(7-9(2)15-8)11-3-10(12)4-13-5-11/h3-5,8-9H,6-7,12H2,1-2H3. The highest BCUT2D eigenvalue weighted by molar-refractivity contribution is 8.00. The minimum absolute atomic E-state index is 0.676. The predicted octanol–water partition coefficient (Wildman–Crippen LogP) is 1.99. The molecule has 4 heteroatoms. The van der Waals surface area contributed by atoms with E-state index in [1.807, 2.05) is 12.3 Å². The summed E-state index contributed by atoms with van der Waals surface area (Å²) in [5.41, 5.74) is 7.63. The Morgan fingerprint density at radius 1 is 1.33 bits per heavy atom. The van der Waals surface area contributed by atoms with Gasteiger partial charge in [0.15, 0.2) is 0 Å². The molecule has 0 aromatic carbocycles. The second-order valence-corrected chi connectivity index (χ2v) is 6.02. The number of rotatable bonds is 1. The third-order valence-electron chi connectivity index (χ3n) is 2.53. The number of thioether (sulfide) groups is 1. The van der Waals surface area contributed by atoms with Crippen LogP contribution in [0.2, 0.25) is 0 Å². The molecule has 1 saturated heterocycles. The molecular formula is C11H17N3S. The Morgan fingerprint density at radius 2 is 2.00 bits per heavy atom. The van der Waals surface area contributed by atoms with Crippen molar-refractivity contribution in [2.24, 2.45) is 0 Å². The normalized spacial score (nSPS) is 26.7. The van der Waals surface area contributed by atoms with Gasteiger partial charge in [-0.1, -0.05) is 13.8 Å². The smallest absolute Gasteiger partial charge is 0.0574 e. The first-order valence-electron chi connectivity index (χ1n) is 5.26. The molecule has 2 rings (SSSR count). The van der Waals surface area contributed by atoms with Crippen LogP contribution in [0.5, 0.6) is 0 Å². The summed E-state index contributed by atoms with van der Waals surface area (Å²) in [6, 6.07) is 2.00. The molecule has 0 bridgehead atoms. The van der Waals surface area contributed by atoms with E-state index in [-0.39, 0.29) is 0 Å². The molecule has 2 atom stereocenters. The van der Waals surface area contributed by atoms with E-state index >= 15 is 0 Å². The number of nitrogens with zero attached hydrogens (tertiary/aromatic N) is 2. The van der Waals surface area contributed by atoms with E-state index in [9.17, 15) is 0 Å². The summed E-state index contributed by atoms with van der Waals surface area (Å²) in [4.78, 5) is 6.51. The Labute approximate surface area is 95.1 Å². The van der Waals surface area contributed by atoms with Gasteiger partial charge in [-0.05, 0) is 6.07 Å². The average Bonchev–Trinajstić information content (AvgIpc) is 2.16. The van der Waals surface area contributed by atoms with Crippen molar-refractivity contribution >= 4 is 23.1 Å². The fourth-order valence-corrected chi connectivity index (χ4v) is 3.33. The summed E-state index contributed by atoms with van der Waals surface area (Å²) in [7, 11) is 0. The van der Waals surface area contributed by atoms with Crippen LogP contribution >= 0.6 is 11.8 Å². The van der Waals surface area contributed by atoms with Gasteiger partial charge in [0, 0.05) is 29.8 Å². The number of hydrogen-bond acceptors (Lipinski definition) is 4. The zero-order valence-electron chi connectivity index (χ0n) is 9.18. The number of anilines is 2. The SMILES string of the molecule is CC1CN(c2cncc(N)c2)CC(C)S1. The first-order valence-corrected chi connectivity index (χ1v) is 6.20. The van der Waals surface area contributed by atoms with Crippen molar-refractivity contribution in [3.05, 3.63) is 18.5 Å². The average molecular weight is 223 g/mol. The molecule has 1 aliphatic heterocycles. The predicted molar refractivity (Wildman–Crippen MR) is 67.4 cm³/mol. The van der Waals surface area contributed by atoms with Crippen LogP contribution in [0, 0.1) is 0 Å². The van der Waals surface area contributed by atoms with E-state index in [0.29, 0.717) is 10.5 Å². The first-order chi connectivity index (χ1) is 7.15.